The molecule has 0 fully saturated rings. The van der Waals surface area contributed by atoms with Gasteiger partial charge >= 0.3 is 5.97 Å². The number of halogens is 1. The first kappa shape index (κ1) is 14.6. The minimum absolute atomic E-state index is 0.0432. The summed E-state index contributed by atoms with van der Waals surface area (Å²) in [6.45, 7) is 7.04. The third-order valence-corrected chi connectivity index (χ3v) is 2.52. The molecule has 3 nitrogen and oxygen atoms in total. The number of hydrogen-bond donors (Lipinski definition) is 1. The topological polar surface area (TPSA) is 52.3 Å². The molecular weight excluding hydrogens is 233 g/mol. The lowest BCUT2D eigenvalue weighted by Gasteiger charge is -2.21. The summed E-state index contributed by atoms with van der Waals surface area (Å²) in [5.41, 5.74) is 6.50. The fourth-order valence-electron chi connectivity index (χ4n) is 1.70. The number of carbonyl (C=O) groups is 1. The summed E-state index contributed by atoms with van der Waals surface area (Å²) < 4.78 is 18.6. The van der Waals surface area contributed by atoms with E-state index in [-0.39, 0.29) is 18.2 Å². The zero-order valence-corrected chi connectivity index (χ0v) is 11.3. The molecule has 2 N–H and O–H groups in total. The number of nitrogens with two attached hydrogens (primary N) is 1. The second kappa shape index (κ2) is 5.48. The zero-order chi connectivity index (χ0) is 13.9. The van der Waals surface area contributed by atoms with Crippen LogP contribution < -0.4 is 5.73 Å². The average molecular weight is 253 g/mol. The molecule has 0 saturated heterocycles. The minimum Gasteiger partial charge on any atom is -0.460 e. The number of rotatable bonds is 3. The maximum Gasteiger partial charge on any atom is 0.308 e. The van der Waals surface area contributed by atoms with E-state index in [1.54, 1.807) is 39.8 Å². The van der Waals surface area contributed by atoms with E-state index in [9.17, 15) is 9.18 Å². The molecule has 0 aliphatic rings. The van der Waals surface area contributed by atoms with E-state index in [4.69, 9.17) is 10.5 Å². The second-order valence-electron chi connectivity index (χ2n) is 5.35. The van der Waals surface area contributed by atoms with E-state index in [0.717, 1.165) is 0 Å². The fraction of sp³-hybridized carbons (Fsp3) is 0.500. The van der Waals surface area contributed by atoms with Crippen LogP contribution in [0.25, 0.3) is 0 Å². The van der Waals surface area contributed by atoms with E-state index in [1.165, 1.54) is 6.07 Å². The molecule has 1 atom stereocenters. The number of carbonyl (C=O) groups excluding carboxylic acids is 1. The maximum atomic E-state index is 13.4. The number of hydrogen-bond acceptors (Lipinski definition) is 3. The number of ether oxygens (including phenoxy) is 1. The van der Waals surface area contributed by atoms with Crippen molar-refractivity contribution in [2.24, 2.45) is 5.73 Å². The summed E-state index contributed by atoms with van der Waals surface area (Å²) >= 11 is 0. The minimum atomic E-state index is -0.546. The van der Waals surface area contributed by atoms with Crippen LogP contribution in [0.3, 0.4) is 0 Å². The summed E-state index contributed by atoms with van der Waals surface area (Å²) in [5.74, 6) is -0.689. The van der Waals surface area contributed by atoms with Crippen LogP contribution in [-0.2, 0) is 9.53 Å². The van der Waals surface area contributed by atoms with E-state index in [1.807, 2.05) is 0 Å². The molecule has 18 heavy (non-hydrogen) atoms. The van der Waals surface area contributed by atoms with Gasteiger partial charge in [0.25, 0.3) is 0 Å². The van der Waals surface area contributed by atoms with Crippen molar-refractivity contribution in [3.63, 3.8) is 0 Å². The van der Waals surface area contributed by atoms with Crippen molar-refractivity contribution in [3.05, 3.63) is 35.1 Å². The Balaban J connectivity index is 2.74. The van der Waals surface area contributed by atoms with Crippen molar-refractivity contribution in [2.75, 3.05) is 0 Å². The quantitative estimate of drug-likeness (QED) is 0.843. The molecule has 1 aromatic rings. The van der Waals surface area contributed by atoms with Crippen LogP contribution in [0.2, 0.25) is 0 Å². The third kappa shape index (κ3) is 4.11. The number of esters is 1. The lowest BCUT2D eigenvalue weighted by atomic mass is 9.99. The van der Waals surface area contributed by atoms with Crippen LogP contribution in [0.1, 0.15) is 44.4 Å². The molecule has 4 heteroatoms. The van der Waals surface area contributed by atoms with Crippen LogP contribution in [0.4, 0.5) is 4.39 Å². The van der Waals surface area contributed by atoms with Gasteiger partial charge < -0.3 is 10.5 Å². The van der Waals surface area contributed by atoms with Crippen LogP contribution in [0.5, 0.6) is 0 Å². The van der Waals surface area contributed by atoms with Gasteiger partial charge in [-0.3, -0.25) is 4.79 Å². The Hall–Kier alpha value is -1.42. The Labute approximate surface area is 107 Å². The average Bonchev–Trinajstić information content (AvgIpc) is 2.18. The molecule has 0 amide bonds. The molecule has 100 valence electrons. The molecule has 0 spiro atoms. The van der Waals surface area contributed by atoms with Gasteiger partial charge in [-0.1, -0.05) is 12.1 Å². The summed E-state index contributed by atoms with van der Waals surface area (Å²) in [6.07, 6.45) is 0.0432. The van der Waals surface area contributed by atoms with E-state index in [2.05, 4.69) is 0 Å². The summed E-state index contributed by atoms with van der Waals surface area (Å²) in [4.78, 5) is 11.6. The van der Waals surface area contributed by atoms with Crippen LogP contribution in [0, 0.1) is 12.7 Å². The molecule has 1 aromatic carbocycles. The Morgan fingerprint density at radius 2 is 2.06 bits per heavy atom. The lowest BCUT2D eigenvalue weighted by molar-refractivity contribution is -0.155. The predicted molar refractivity (Wildman–Crippen MR) is 68.5 cm³/mol. The normalized spacial score (nSPS) is 13.2. The van der Waals surface area contributed by atoms with Gasteiger partial charge in [0.15, 0.2) is 0 Å². The van der Waals surface area contributed by atoms with Gasteiger partial charge in [-0.15, -0.1) is 0 Å². The molecular formula is C14H20FNO2. The van der Waals surface area contributed by atoms with Gasteiger partial charge in [-0.05, 0) is 44.9 Å². The van der Waals surface area contributed by atoms with Gasteiger partial charge in [0.05, 0.1) is 6.42 Å². The first-order valence-electron chi connectivity index (χ1n) is 5.93. The van der Waals surface area contributed by atoms with Gasteiger partial charge in [0, 0.05) is 6.04 Å². The molecule has 0 aliphatic carbocycles. The zero-order valence-electron chi connectivity index (χ0n) is 11.3. The Morgan fingerprint density at radius 3 is 2.61 bits per heavy atom. The van der Waals surface area contributed by atoms with Gasteiger partial charge in [0.2, 0.25) is 0 Å². The first-order chi connectivity index (χ1) is 8.20. The molecule has 0 bridgehead atoms. The van der Waals surface area contributed by atoms with E-state index >= 15 is 0 Å². The first-order valence-corrected chi connectivity index (χ1v) is 5.93. The highest BCUT2D eigenvalue weighted by atomic mass is 19.1. The Bertz CT molecular complexity index is 438. The predicted octanol–water partition coefficient (Wildman–Crippen LogP) is 2.87. The standard InChI is InChI=1S/C14H20FNO2/c1-9-10(6-5-7-11(9)15)12(16)8-13(17)18-14(2,3)4/h5-7,12H,8,16H2,1-4H3/t12-/m0/s1. The van der Waals surface area contributed by atoms with Gasteiger partial charge in [0.1, 0.15) is 11.4 Å². The smallest absolute Gasteiger partial charge is 0.308 e. The lowest BCUT2D eigenvalue weighted by Crippen LogP contribution is -2.26. The van der Waals surface area contributed by atoms with E-state index < -0.39 is 11.6 Å². The fourth-order valence-corrected chi connectivity index (χ4v) is 1.70. The highest BCUT2D eigenvalue weighted by Gasteiger charge is 2.20. The largest absolute Gasteiger partial charge is 0.460 e. The second-order valence-corrected chi connectivity index (χ2v) is 5.35. The monoisotopic (exact) mass is 253 g/mol. The van der Waals surface area contributed by atoms with Crippen molar-refractivity contribution in [1.82, 2.24) is 0 Å². The van der Waals surface area contributed by atoms with Crippen molar-refractivity contribution in [1.29, 1.82) is 0 Å². The summed E-state index contributed by atoms with van der Waals surface area (Å²) in [7, 11) is 0. The van der Waals surface area contributed by atoms with Crippen LogP contribution >= 0.6 is 0 Å². The Morgan fingerprint density at radius 1 is 1.44 bits per heavy atom. The SMILES string of the molecule is Cc1c(F)cccc1[C@@H](N)CC(=O)OC(C)(C)C. The molecule has 0 unspecified atom stereocenters. The van der Waals surface area contributed by atoms with Gasteiger partial charge in [-0.2, -0.15) is 0 Å². The molecule has 0 heterocycles. The van der Waals surface area contributed by atoms with Crippen molar-refractivity contribution in [3.8, 4) is 0 Å². The number of benzene rings is 1. The van der Waals surface area contributed by atoms with Crippen molar-refractivity contribution >= 4 is 5.97 Å². The molecule has 1 rings (SSSR count). The molecule has 0 radical (unpaired) electrons. The highest BCUT2D eigenvalue weighted by Crippen LogP contribution is 2.22. The maximum absolute atomic E-state index is 13.4. The van der Waals surface area contributed by atoms with Crippen LogP contribution in [-0.4, -0.2) is 11.6 Å². The van der Waals surface area contributed by atoms with Crippen molar-refractivity contribution in [2.45, 2.75) is 45.8 Å². The van der Waals surface area contributed by atoms with Crippen molar-refractivity contribution < 1.29 is 13.9 Å². The summed E-state index contributed by atoms with van der Waals surface area (Å²) in [5, 5.41) is 0. The third-order valence-electron chi connectivity index (χ3n) is 2.52. The molecule has 0 saturated carbocycles. The van der Waals surface area contributed by atoms with E-state index in [0.29, 0.717) is 11.1 Å². The highest BCUT2D eigenvalue weighted by molar-refractivity contribution is 5.71. The van der Waals surface area contributed by atoms with Crippen LogP contribution in [0.15, 0.2) is 18.2 Å². The molecule has 0 aromatic heterocycles. The molecule has 0 aliphatic heterocycles. The summed E-state index contributed by atoms with van der Waals surface area (Å²) in [6, 6.07) is 4.15. The van der Waals surface area contributed by atoms with Gasteiger partial charge in [-0.25, -0.2) is 4.39 Å². The Kier molecular flexibility index (Phi) is 4.46.